The third kappa shape index (κ3) is 6.85. The van der Waals surface area contributed by atoms with Gasteiger partial charge in [-0.1, -0.05) is 55.7 Å². The summed E-state index contributed by atoms with van der Waals surface area (Å²) in [5.41, 5.74) is 5.96. The van der Waals surface area contributed by atoms with Crippen LogP contribution in [-0.2, 0) is 20.9 Å². The third-order valence-electron chi connectivity index (χ3n) is 6.90. The van der Waals surface area contributed by atoms with Gasteiger partial charge in [0.25, 0.3) is 0 Å². The van der Waals surface area contributed by atoms with Gasteiger partial charge in [-0.2, -0.15) is 0 Å². The average molecular weight is 498 g/mol. The van der Waals surface area contributed by atoms with E-state index in [1.807, 2.05) is 25.1 Å². The monoisotopic (exact) mass is 497 g/mol. The van der Waals surface area contributed by atoms with E-state index in [0.29, 0.717) is 6.54 Å². The van der Waals surface area contributed by atoms with Gasteiger partial charge in [0.2, 0.25) is 5.91 Å². The molecule has 1 aromatic heterocycles. The van der Waals surface area contributed by atoms with Gasteiger partial charge in [0.15, 0.2) is 0 Å². The molecule has 0 aliphatic heterocycles. The lowest BCUT2D eigenvalue weighted by Crippen LogP contribution is -2.36. The second-order valence-corrected chi connectivity index (χ2v) is 9.73. The number of carbonyl (C=O) groups excluding carboxylic acids is 2. The lowest BCUT2D eigenvalue weighted by atomic mass is 9.88. The van der Waals surface area contributed by atoms with Crippen molar-refractivity contribution in [2.24, 2.45) is 5.92 Å². The maximum Gasteiger partial charge on any atom is 0.330 e. The van der Waals surface area contributed by atoms with Gasteiger partial charge < -0.3 is 14.5 Å². The van der Waals surface area contributed by atoms with Crippen molar-refractivity contribution in [3.63, 3.8) is 0 Å². The van der Waals surface area contributed by atoms with Crippen molar-refractivity contribution in [1.82, 2.24) is 4.98 Å². The molecule has 1 aliphatic rings. The number of carbonyl (C=O) groups is 2. The summed E-state index contributed by atoms with van der Waals surface area (Å²) in [5, 5.41) is 0. The first kappa shape index (κ1) is 26.1. The van der Waals surface area contributed by atoms with E-state index >= 15 is 0 Å². The summed E-state index contributed by atoms with van der Waals surface area (Å²) >= 11 is 0. The zero-order valence-electron chi connectivity index (χ0n) is 21.9. The van der Waals surface area contributed by atoms with Crippen LogP contribution >= 0.6 is 0 Å². The average Bonchev–Trinajstić information content (AvgIpc) is 2.95. The first-order valence-electron chi connectivity index (χ1n) is 12.8. The molecule has 0 unspecified atom stereocenters. The van der Waals surface area contributed by atoms with Crippen LogP contribution in [0.4, 0.5) is 11.4 Å². The molecule has 0 atom stereocenters. The summed E-state index contributed by atoms with van der Waals surface area (Å²) < 4.78 is 4.69. The van der Waals surface area contributed by atoms with Gasteiger partial charge in [-0.05, 0) is 59.4 Å². The number of hydrogen-bond acceptors (Lipinski definition) is 5. The molecule has 1 aliphatic carbocycles. The molecule has 2 aromatic carbocycles. The highest BCUT2D eigenvalue weighted by Crippen LogP contribution is 2.30. The fraction of sp³-hybridized carbons (Fsp3) is 0.323. The highest BCUT2D eigenvalue weighted by atomic mass is 16.5. The van der Waals surface area contributed by atoms with Crippen LogP contribution in [0.15, 0.2) is 73.1 Å². The summed E-state index contributed by atoms with van der Waals surface area (Å²) in [6, 6.07) is 18.8. The van der Waals surface area contributed by atoms with E-state index in [-0.39, 0.29) is 11.8 Å². The van der Waals surface area contributed by atoms with Gasteiger partial charge in [-0.25, -0.2) is 4.79 Å². The Morgan fingerprint density at radius 3 is 2.19 bits per heavy atom. The second-order valence-electron chi connectivity index (χ2n) is 9.73. The normalized spacial score (nSPS) is 13.9. The zero-order chi connectivity index (χ0) is 26.2. The van der Waals surface area contributed by atoms with Gasteiger partial charge in [0, 0.05) is 38.0 Å². The fourth-order valence-corrected chi connectivity index (χ4v) is 4.72. The number of ether oxygens (including phenoxy) is 1. The van der Waals surface area contributed by atoms with Crippen LogP contribution in [-0.4, -0.2) is 38.1 Å². The van der Waals surface area contributed by atoms with Crippen LogP contribution in [0.25, 0.3) is 17.2 Å². The van der Waals surface area contributed by atoms with E-state index in [1.54, 1.807) is 18.5 Å². The van der Waals surface area contributed by atoms with Crippen molar-refractivity contribution in [1.29, 1.82) is 0 Å². The molecule has 0 spiro atoms. The van der Waals surface area contributed by atoms with Crippen molar-refractivity contribution in [2.75, 3.05) is 31.0 Å². The van der Waals surface area contributed by atoms with Gasteiger partial charge >= 0.3 is 5.97 Å². The van der Waals surface area contributed by atoms with Crippen LogP contribution in [0.2, 0.25) is 0 Å². The Hall–Kier alpha value is -3.93. The summed E-state index contributed by atoms with van der Waals surface area (Å²) in [4.78, 5) is 33.5. The Kier molecular flexibility index (Phi) is 8.72. The molecule has 6 heteroatoms. The summed E-state index contributed by atoms with van der Waals surface area (Å²) in [7, 11) is 5.41. The Labute approximate surface area is 219 Å². The number of benzene rings is 2. The molecule has 0 bridgehead atoms. The first-order valence-corrected chi connectivity index (χ1v) is 12.8. The number of rotatable bonds is 8. The Morgan fingerprint density at radius 1 is 0.919 bits per heavy atom. The van der Waals surface area contributed by atoms with Crippen molar-refractivity contribution in [3.05, 3.63) is 84.2 Å². The summed E-state index contributed by atoms with van der Waals surface area (Å²) in [5.74, 6) is -0.270. The van der Waals surface area contributed by atoms with Crippen LogP contribution in [0, 0.1) is 5.92 Å². The van der Waals surface area contributed by atoms with E-state index < -0.39 is 5.97 Å². The smallest absolute Gasteiger partial charge is 0.330 e. The van der Waals surface area contributed by atoms with Gasteiger partial charge in [0.1, 0.15) is 0 Å². The summed E-state index contributed by atoms with van der Waals surface area (Å²) in [6.07, 6.45) is 11.6. The van der Waals surface area contributed by atoms with Gasteiger partial charge in [0.05, 0.1) is 25.5 Å². The molecule has 192 valence electrons. The maximum absolute atomic E-state index is 13.7. The summed E-state index contributed by atoms with van der Waals surface area (Å²) in [6.45, 7) is 0.459. The van der Waals surface area contributed by atoms with Gasteiger partial charge in [-0.15, -0.1) is 0 Å². The number of aromatic nitrogens is 1. The second kappa shape index (κ2) is 12.3. The number of hydrogen-bond donors (Lipinski definition) is 0. The number of pyridine rings is 1. The SMILES string of the molecule is COC(=O)/C=C/c1cncc(N(Cc2ccc(-c3ccc(N(C)C)cc3)cc2)C(=O)C2CCCCC2)c1. The van der Waals surface area contributed by atoms with Crippen LogP contribution in [0.3, 0.4) is 0 Å². The lowest BCUT2D eigenvalue weighted by Gasteiger charge is -2.29. The first-order chi connectivity index (χ1) is 17.9. The highest BCUT2D eigenvalue weighted by Gasteiger charge is 2.27. The van der Waals surface area contributed by atoms with E-state index in [2.05, 4.69) is 58.4 Å². The predicted molar refractivity (Wildman–Crippen MR) is 149 cm³/mol. The molecule has 1 saturated carbocycles. The molecular weight excluding hydrogens is 462 g/mol. The number of amides is 1. The van der Waals surface area contributed by atoms with E-state index in [0.717, 1.165) is 59.3 Å². The zero-order valence-corrected chi connectivity index (χ0v) is 21.9. The van der Waals surface area contributed by atoms with E-state index in [4.69, 9.17) is 4.74 Å². The Bertz CT molecular complexity index is 1230. The lowest BCUT2D eigenvalue weighted by molar-refractivity contribution is -0.134. The molecule has 0 N–H and O–H groups in total. The maximum atomic E-state index is 13.7. The Morgan fingerprint density at radius 2 is 1.57 bits per heavy atom. The number of nitrogens with zero attached hydrogens (tertiary/aromatic N) is 3. The minimum absolute atomic E-state index is 0.0255. The molecule has 6 nitrogen and oxygen atoms in total. The molecule has 1 heterocycles. The number of methoxy groups -OCH3 is 1. The van der Waals surface area contributed by atoms with Crippen LogP contribution in [0.1, 0.15) is 43.2 Å². The molecule has 3 aromatic rings. The largest absolute Gasteiger partial charge is 0.466 e. The molecular formula is C31H35N3O3. The van der Waals surface area contributed by atoms with E-state index in [9.17, 15) is 9.59 Å². The molecule has 4 rings (SSSR count). The van der Waals surface area contributed by atoms with Crippen LogP contribution in [0.5, 0.6) is 0 Å². The molecule has 1 fully saturated rings. The Balaban J connectivity index is 1.58. The minimum atomic E-state index is -0.433. The minimum Gasteiger partial charge on any atom is -0.466 e. The number of anilines is 2. The third-order valence-corrected chi connectivity index (χ3v) is 6.90. The molecule has 1 amide bonds. The quantitative estimate of drug-likeness (QED) is 0.277. The van der Waals surface area contributed by atoms with Crippen molar-refractivity contribution < 1.29 is 14.3 Å². The van der Waals surface area contributed by atoms with Crippen molar-refractivity contribution in [2.45, 2.75) is 38.6 Å². The predicted octanol–water partition coefficient (Wildman–Crippen LogP) is 6.11. The van der Waals surface area contributed by atoms with Gasteiger partial charge in [-0.3, -0.25) is 9.78 Å². The molecule has 0 radical (unpaired) electrons. The fourth-order valence-electron chi connectivity index (χ4n) is 4.72. The standard InChI is InChI=1S/C31H35N3O3/c1-33(2)28-16-14-26(15-17-28)25-12-9-23(10-13-25)22-34(31(36)27-7-5-4-6-8-27)29-19-24(20-32-21-29)11-18-30(35)37-3/h9-21,27H,4-8,22H2,1-3H3/b18-11+. The number of esters is 1. The van der Waals surface area contributed by atoms with Crippen molar-refractivity contribution >= 4 is 29.3 Å². The van der Waals surface area contributed by atoms with Crippen LogP contribution < -0.4 is 9.80 Å². The van der Waals surface area contributed by atoms with E-state index in [1.165, 1.54) is 19.6 Å². The highest BCUT2D eigenvalue weighted by molar-refractivity contribution is 5.95. The molecule has 37 heavy (non-hydrogen) atoms. The topological polar surface area (TPSA) is 62.7 Å². The molecule has 0 saturated heterocycles. The van der Waals surface area contributed by atoms with Crippen molar-refractivity contribution in [3.8, 4) is 11.1 Å².